The zero-order valence-electron chi connectivity index (χ0n) is 11.4. The molecule has 0 atom stereocenters. The molecule has 0 amide bonds. The van der Waals surface area contributed by atoms with E-state index in [9.17, 15) is 0 Å². The number of aromatic nitrogens is 2. The number of ether oxygens (including phenoxy) is 2. The quantitative estimate of drug-likeness (QED) is 0.643. The second kappa shape index (κ2) is 6.01. The number of amidine groups is 1. The van der Waals surface area contributed by atoms with E-state index >= 15 is 0 Å². The largest absolute Gasteiger partial charge is 0.494 e. The minimum Gasteiger partial charge on any atom is -0.494 e. The van der Waals surface area contributed by atoms with E-state index in [0.717, 1.165) is 0 Å². The van der Waals surface area contributed by atoms with Crippen LogP contribution in [0.5, 0.6) is 17.5 Å². The lowest BCUT2D eigenvalue weighted by molar-refractivity contribution is 0.337. The topological polar surface area (TPSA) is 94.1 Å². The Morgan fingerprint density at radius 1 is 1.25 bits per heavy atom. The van der Waals surface area contributed by atoms with Gasteiger partial charge in [-0.1, -0.05) is 6.07 Å². The van der Waals surface area contributed by atoms with Crippen molar-refractivity contribution < 1.29 is 9.47 Å². The van der Waals surface area contributed by atoms with E-state index in [2.05, 4.69) is 9.97 Å². The van der Waals surface area contributed by atoms with Crippen molar-refractivity contribution in [1.29, 1.82) is 5.41 Å². The van der Waals surface area contributed by atoms with Gasteiger partial charge in [0.1, 0.15) is 23.0 Å². The minimum absolute atomic E-state index is 0.122. The molecule has 20 heavy (non-hydrogen) atoms. The number of benzene rings is 1. The molecule has 2 aromatic rings. The first-order chi connectivity index (χ1) is 9.58. The summed E-state index contributed by atoms with van der Waals surface area (Å²) in [7, 11) is 0. The Balaban J connectivity index is 2.25. The van der Waals surface area contributed by atoms with Gasteiger partial charge in [-0.2, -0.15) is 4.98 Å². The second-order valence-corrected chi connectivity index (χ2v) is 4.10. The normalized spacial score (nSPS) is 10.1. The SMILES string of the molecule is CCOc1cccc(Oc2nc(C)cc(C(=N)N)n2)c1. The van der Waals surface area contributed by atoms with Crippen LogP contribution in [-0.4, -0.2) is 22.4 Å². The van der Waals surface area contributed by atoms with E-state index in [-0.39, 0.29) is 11.8 Å². The molecular formula is C14H16N4O2. The highest BCUT2D eigenvalue weighted by Crippen LogP contribution is 2.23. The molecule has 0 bridgehead atoms. The second-order valence-electron chi connectivity index (χ2n) is 4.10. The predicted octanol–water partition coefficient (Wildman–Crippen LogP) is 2.26. The fraction of sp³-hybridized carbons (Fsp3) is 0.214. The van der Waals surface area contributed by atoms with Crippen LogP contribution in [0.15, 0.2) is 30.3 Å². The van der Waals surface area contributed by atoms with E-state index in [1.165, 1.54) is 0 Å². The summed E-state index contributed by atoms with van der Waals surface area (Å²) in [4.78, 5) is 8.24. The summed E-state index contributed by atoms with van der Waals surface area (Å²) < 4.78 is 11.0. The van der Waals surface area contributed by atoms with Gasteiger partial charge in [0.25, 0.3) is 0 Å². The molecule has 0 unspecified atom stereocenters. The molecule has 0 aliphatic carbocycles. The fourth-order valence-electron chi connectivity index (χ4n) is 1.62. The summed E-state index contributed by atoms with van der Waals surface area (Å²) in [5.41, 5.74) is 6.45. The first kappa shape index (κ1) is 13.8. The average molecular weight is 272 g/mol. The van der Waals surface area contributed by atoms with Crippen molar-refractivity contribution in [2.45, 2.75) is 13.8 Å². The number of nitrogen functional groups attached to an aromatic ring is 1. The van der Waals surface area contributed by atoms with Crippen molar-refractivity contribution >= 4 is 5.84 Å². The molecule has 0 spiro atoms. The number of nitrogens with zero attached hydrogens (tertiary/aromatic N) is 2. The molecule has 6 nitrogen and oxygen atoms in total. The summed E-state index contributed by atoms with van der Waals surface area (Å²) in [6.07, 6.45) is 0. The van der Waals surface area contributed by atoms with Crippen LogP contribution in [0.1, 0.15) is 18.3 Å². The molecular weight excluding hydrogens is 256 g/mol. The van der Waals surface area contributed by atoms with E-state index in [4.69, 9.17) is 20.6 Å². The van der Waals surface area contributed by atoms with Crippen LogP contribution in [0, 0.1) is 12.3 Å². The van der Waals surface area contributed by atoms with Crippen LogP contribution >= 0.6 is 0 Å². The smallest absolute Gasteiger partial charge is 0.322 e. The van der Waals surface area contributed by atoms with Gasteiger partial charge in [0, 0.05) is 11.8 Å². The van der Waals surface area contributed by atoms with E-state index in [1.807, 2.05) is 19.1 Å². The number of rotatable bonds is 5. The fourth-order valence-corrected chi connectivity index (χ4v) is 1.62. The van der Waals surface area contributed by atoms with Crippen LogP contribution in [-0.2, 0) is 0 Å². The molecule has 0 saturated carbocycles. The molecule has 0 aliphatic heterocycles. The molecule has 0 saturated heterocycles. The van der Waals surface area contributed by atoms with Gasteiger partial charge >= 0.3 is 6.01 Å². The average Bonchev–Trinajstić information content (AvgIpc) is 2.38. The monoisotopic (exact) mass is 272 g/mol. The Labute approximate surface area is 117 Å². The van der Waals surface area contributed by atoms with E-state index < -0.39 is 0 Å². The molecule has 104 valence electrons. The van der Waals surface area contributed by atoms with Gasteiger partial charge in [-0.05, 0) is 32.0 Å². The molecule has 6 heteroatoms. The number of hydrogen-bond acceptors (Lipinski definition) is 5. The van der Waals surface area contributed by atoms with Gasteiger partial charge in [0.2, 0.25) is 0 Å². The summed E-state index contributed by atoms with van der Waals surface area (Å²) in [6, 6.07) is 8.98. The zero-order chi connectivity index (χ0) is 14.5. The predicted molar refractivity (Wildman–Crippen MR) is 75.5 cm³/mol. The van der Waals surface area contributed by atoms with Crippen LogP contribution in [0.25, 0.3) is 0 Å². The highest BCUT2D eigenvalue weighted by atomic mass is 16.5. The molecule has 1 aromatic heterocycles. The zero-order valence-corrected chi connectivity index (χ0v) is 11.4. The lowest BCUT2D eigenvalue weighted by Crippen LogP contribution is -2.14. The number of hydrogen-bond donors (Lipinski definition) is 2. The Morgan fingerprint density at radius 3 is 2.70 bits per heavy atom. The molecule has 0 fully saturated rings. The Kier molecular flexibility index (Phi) is 4.14. The highest BCUT2D eigenvalue weighted by molar-refractivity contribution is 5.93. The number of nitrogens with two attached hydrogens (primary N) is 1. The Bertz CT molecular complexity index is 628. The molecule has 2 rings (SSSR count). The van der Waals surface area contributed by atoms with Gasteiger partial charge in [-0.3, -0.25) is 5.41 Å². The Morgan fingerprint density at radius 2 is 2.00 bits per heavy atom. The summed E-state index contributed by atoms with van der Waals surface area (Å²) in [6.45, 7) is 4.28. The minimum atomic E-state index is -0.122. The first-order valence-electron chi connectivity index (χ1n) is 6.19. The highest BCUT2D eigenvalue weighted by Gasteiger charge is 2.07. The van der Waals surface area contributed by atoms with Gasteiger partial charge in [-0.25, -0.2) is 4.98 Å². The maximum absolute atomic E-state index is 7.41. The molecule has 1 heterocycles. The molecule has 0 radical (unpaired) electrons. The maximum atomic E-state index is 7.41. The molecule has 1 aromatic carbocycles. The van der Waals surface area contributed by atoms with Crippen LogP contribution < -0.4 is 15.2 Å². The third-order valence-electron chi connectivity index (χ3n) is 2.44. The van der Waals surface area contributed by atoms with E-state index in [0.29, 0.717) is 29.5 Å². The summed E-state index contributed by atoms with van der Waals surface area (Å²) >= 11 is 0. The van der Waals surface area contributed by atoms with Gasteiger partial charge in [0.05, 0.1) is 6.61 Å². The summed E-state index contributed by atoms with van der Waals surface area (Å²) in [5.74, 6) is 1.16. The van der Waals surface area contributed by atoms with Crippen molar-refractivity contribution in [3.63, 3.8) is 0 Å². The lowest BCUT2D eigenvalue weighted by atomic mass is 10.3. The van der Waals surface area contributed by atoms with Crippen molar-refractivity contribution in [3.05, 3.63) is 41.7 Å². The third-order valence-corrected chi connectivity index (χ3v) is 2.44. The van der Waals surface area contributed by atoms with Crippen LogP contribution in [0.3, 0.4) is 0 Å². The lowest BCUT2D eigenvalue weighted by Gasteiger charge is -2.08. The van der Waals surface area contributed by atoms with Crippen molar-refractivity contribution in [2.24, 2.45) is 5.73 Å². The van der Waals surface area contributed by atoms with Gasteiger partial charge in [-0.15, -0.1) is 0 Å². The third kappa shape index (κ3) is 3.44. The Hall–Kier alpha value is -2.63. The van der Waals surface area contributed by atoms with Crippen molar-refractivity contribution in [3.8, 4) is 17.5 Å². The van der Waals surface area contributed by atoms with Crippen molar-refractivity contribution in [1.82, 2.24) is 9.97 Å². The number of nitrogens with one attached hydrogen (secondary N) is 1. The maximum Gasteiger partial charge on any atom is 0.322 e. The first-order valence-corrected chi connectivity index (χ1v) is 6.19. The van der Waals surface area contributed by atoms with Crippen LogP contribution in [0.4, 0.5) is 0 Å². The molecule has 0 aliphatic rings. The number of aryl methyl sites for hydroxylation is 1. The van der Waals surface area contributed by atoms with Gasteiger partial charge < -0.3 is 15.2 Å². The van der Waals surface area contributed by atoms with Crippen molar-refractivity contribution in [2.75, 3.05) is 6.61 Å². The van der Waals surface area contributed by atoms with Crippen LogP contribution in [0.2, 0.25) is 0 Å². The van der Waals surface area contributed by atoms with Gasteiger partial charge in [0.15, 0.2) is 0 Å². The standard InChI is InChI=1S/C14H16N4O2/c1-3-19-10-5-4-6-11(8-10)20-14-17-9(2)7-12(18-14)13(15)16/h4-8H,3H2,1-2H3,(H3,15,16). The van der Waals surface area contributed by atoms with E-state index in [1.54, 1.807) is 25.1 Å². The summed E-state index contributed by atoms with van der Waals surface area (Å²) in [5, 5.41) is 7.41. The molecule has 3 N–H and O–H groups in total.